The Kier molecular flexibility index (Phi) is 5.09. The van der Waals surface area contributed by atoms with Crippen molar-refractivity contribution in [1.29, 1.82) is 0 Å². The van der Waals surface area contributed by atoms with Crippen molar-refractivity contribution < 1.29 is 9.13 Å². The second-order valence-electron chi connectivity index (χ2n) is 7.87. The van der Waals surface area contributed by atoms with Gasteiger partial charge in [0, 0.05) is 6.42 Å². The van der Waals surface area contributed by atoms with Crippen LogP contribution in [-0.2, 0) is 19.3 Å². The summed E-state index contributed by atoms with van der Waals surface area (Å²) in [5.41, 5.74) is 11.7. The molecular formula is C25H23FN2OS. The van der Waals surface area contributed by atoms with Gasteiger partial charge in [0.05, 0.1) is 17.1 Å². The number of aliphatic imine (C=N–C) groups is 1. The molecular weight excluding hydrogens is 395 g/mol. The van der Waals surface area contributed by atoms with Gasteiger partial charge < -0.3 is 10.5 Å². The molecule has 152 valence electrons. The summed E-state index contributed by atoms with van der Waals surface area (Å²) in [7, 11) is 0. The number of fused-ring (bicyclic) bond motifs is 1. The standard InChI is InChI=1S/C25H23FN2OS/c26-21-9-6-17(7-10-21)15-25(16-18-8-11-22-20(14-18)12-13-29-22)23(28-24(27)30-25)19-4-2-1-3-5-19/h1-11,14,24H,12-13,15-16,27H2. The highest BCUT2D eigenvalue weighted by Gasteiger charge is 2.44. The van der Waals surface area contributed by atoms with E-state index in [2.05, 4.69) is 30.3 Å². The Morgan fingerprint density at radius 3 is 2.53 bits per heavy atom. The van der Waals surface area contributed by atoms with E-state index in [1.165, 1.54) is 23.3 Å². The minimum Gasteiger partial charge on any atom is -0.493 e. The van der Waals surface area contributed by atoms with Crippen LogP contribution in [0, 0.1) is 5.82 Å². The minimum atomic E-state index is -0.327. The summed E-state index contributed by atoms with van der Waals surface area (Å²) in [4.78, 5) is 4.85. The highest BCUT2D eigenvalue weighted by atomic mass is 32.2. The molecule has 0 aliphatic carbocycles. The van der Waals surface area contributed by atoms with Gasteiger partial charge in [0.25, 0.3) is 0 Å². The lowest BCUT2D eigenvalue weighted by atomic mass is 9.84. The number of nitrogens with zero attached hydrogens (tertiary/aromatic N) is 1. The number of thioether (sulfide) groups is 1. The zero-order valence-electron chi connectivity index (χ0n) is 16.6. The first-order chi connectivity index (χ1) is 14.6. The van der Waals surface area contributed by atoms with Crippen LogP contribution in [0.1, 0.15) is 22.3 Å². The van der Waals surface area contributed by atoms with Crippen LogP contribution in [0.2, 0.25) is 0 Å². The number of hydrogen-bond acceptors (Lipinski definition) is 4. The fourth-order valence-electron chi connectivity index (χ4n) is 4.42. The number of ether oxygens (including phenoxy) is 1. The number of rotatable bonds is 5. The van der Waals surface area contributed by atoms with E-state index in [0.29, 0.717) is 0 Å². The molecule has 0 fully saturated rings. The molecule has 30 heavy (non-hydrogen) atoms. The van der Waals surface area contributed by atoms with Gasteiger partial charge in [-0.25, -0.2) is 4.39 Å². The van der Waals surface area contributed by atoms with E-state index in [4.69, 9.17) is 15.5 Å². The van der Waals surface area contributed by atoms with E-state index in [-0.39, 0.29) is 16.1 Å². The molecule has 0 radical (unpaired) electrons. The summed E-state index contributed by atoms with van der Waals surface area (Å²) in [6, 6.07) is 23.5. The zero-order valence-corrected chi connectivity index (χ0v) is 17.4. The lowest BCUT2D eigenvalue weighted by molar-refractivity contribution is 0.357. The minimum absolute atomic E-state index is 0.223. The Bertz CT molecular complexity index is 1080. The molecule has 5 heteroatoms. The predicted molar refractivity (Wildman–Crippen MR) is 121 cm³/mol. The Labute approximate surface area is 180 Å². The maximum atomic E-state index is 13.5. The quantitative estimate of drug-likeness (QED) is 0.650. The monoisotopic (exact) mass is 418 g/mol. The van der Waals surface area contributed by atoms with Crippen LogP contribution in [0.4, 0.5) is 4.39 Å². The topological polar surface area (TPSA) is 47.6 Å². The molecule has 2 N–H and O–H groups in total. The molecule has 3 nitrogen and oxygen atoms in total. The van der Waals surface area contributed by atoms with Crippen molar-refractivity contribution >= 4 is 17.5 Å². The van der Waals surface area contributed by atoms with Gasteiger partial charge in [0.15, 0.2) is 0 Å². The molecule has 2 aliphatic rings. The van der Waals surface area contributed by atoms with Crippen LogP contribution in [0.25, 0.3) is 0 Å². The van der Waals surface area contributed by atoms with E-state index < -0.39 is 0 Å². The van der Waals surface area contributed by atoms with Crippen LogP contribution in [0.3, 0.4) is 0 Å². The molecule has 3 aromatic rings. The fourth-order valence-corrected chi connectivity index (χ4v) is 5.82. The van der Waals surface area contributed by atoms with Gasteiger partial charge in [0.1, 0.15) is 17.1 Å². The molecule has 0 saturated carbocycles. The Balaban J connectivity index is 1.56. The van der Waals surface area contributed by atoms with Crippen LogP contribution < -0.4 is 10.5 Å². The van der Waals surface area contributed by atoms with Gasteiger partial charge in [-0.05, 0) is 53.3 Å². The van der Waals surface area contributed by atoms with Crippen LogP contribution >= 0.6 is 11.8 Å². The van der Waals surface area contributed by atoms with Crippen molar-refractivity contribution in [2.75, 3.05) is 6.61 Å². The van der Waals surface area contributed by atoms with E-state index >= 15 is 0 Å². The predicted octanol–water partition coefficient (Wildman–Crippen LogP) is 4.76. The third-order valence-electron chi connectivity index (χ3n) is 5.73. The van der Waals surface area contributed by atoms with Gasteiger partial charge in [-0.3, -0.25) is 4.99 Å². The molecule has 2 atom stereocenters. The molecule has 2 aliphatic heterocycles. The lowest BCUT2D eigenvalue weighted by Crippen LogP contribution is -2.38. The molecule has 3 aromatic carbocycles. The molecule has 2 heterocycles. The second-order valence-corrected chi connectivity index (χ2v) is 9.37. The summed E-state index contributed by atoms with van der Waals surface area (Å²) in [5.74, 6) is 0.762. The van der Waals surface area contributed by atoms with Gasteiger partial charge in [-0.1, -0.05) is 54.6 Å². The number of hydrogen-bond donors (Lipinski definition) is 1. The highest BCUT2D eigenvalue weighted by Crippen LogP contribution is 2.44. The number of halogens is 1. The molecule has 0 amide bonds. The summed E-state index contributed by atoms with van der Waals surface area (Å²) in [6.45, 7) is 0.746. The van der Waals surface area contributed by atoms with Crippen LogP contribution in [0.15, 0.2) is 77.8 Å². The molecule has 0 spiro atoms. The molecule has 5 rings (SSSR count). The Hall–Kier alpha value is -2.63. The van der Waals surface area contributed by atoms with Crippen molar-refractivity contribution in [3.63, 3.8) is 0 Å². The fraction of sp³-hybridized carbons (Fsp3) is 0.240. The first kappa shape index (κ1) is 19.3. The number of nitrogens with two attached hydrogens (primary N) is 1. The van der Waals surface area contributed by atoms with Gasteiger partial charge in [-0.2, -0.15) is 0 Å². The van der Waals surface area contributed by atoms with E-state index in [1.807, 2.05) is 30.3 Å². The third-order valence-corrected chi connectivity index (χ3v) is 7.01. The Morgan fingerprint density at radius 2 is 1.73 bits per heavy atom. The van der Waals surface area contributed by atoms with Gasteiger partial charge in [-0.15, -0.1) is 11.8 Å². The first-order valence-corrected chi connectivity index (χ1v) is 11.1. The largest absolute Gasteiger partial charge is 0.493 e. The van der Waals surface area contributed by atoms with Crippen molar-refractivity contribution in [3.05, 3.63) is 101 Å². The second kappa shape index (κ2) is 7.89. The molecule has 0 bridgehead atoms. The summed E-state index contributed by atoms with van der Waals surface area (Å²) < 4.78 is 18.9. The maximum absolute atomic E-state index is 13.5. The lowest BCUT2D eigenvalue weighted by Gasteiger charge is -2.31. The average Bonchev–Trinajstić information content (AvgIpc) is 3.34. The highest BCUT2D eigenvalue weighted by molar-refractivity contribution is 8.02. The van der Waals surface area contributed by atoms with Crippen molar-refractivity contribution in [1.82, 2.24) is 0 Å². The zero-order chi connectivity index (χ0) is 20.6. The van der Waals surface area contributed by atoms with Crippen molar-refractivity contribution in [2.24, 2.45) is 10.7 Å². The summed E-state index contributed by atoms with van der Waals surface area (Å²) >= 11 is 1.69. The van der Waals surface area contributed by atoms with Crippen LogP contribution in [0.5, 0.6) is 5.75 Å². The number of benzene rings is 3. The average molecular weight is 419 g/mol. The van der Waals surface area contributed by atoms with E-state index in [1.54, 1.807) is 11.8 Å². The molecule has 2 unspecified atom stereocenters. The smallest absolute Gasteiger partial charge is 0.145 e. The summed E-state index contributed by atoms with van der Waals surface area (Å²) in [5, 5.41) is 0. The molecule has 0 aromatic heterocycles. The van der Waals surface area contributed by atoms with Crippen molar-refractivity contribution in [2.45, 2.75) is 29.5 Å². The third kappa shape index (κ3) is 3.75. The molecule has 0 saturated heterocycles. The van der Waals surface area contributed by atoms with E-state index in [0.717, 1.165) is 48.5 Å². The first-order valence-electron chi connectivity index (χ1n) is 10.2. The normalized spacial score (nSPS) is 22.5. The Morgan fingerprint density at radius 1 is 1.00 bits per heavy atom. The van der Waals surface area contributed by atoms with Crippen molar-refractivity contribution in [3.8, 4) is 5.75 Å². The van der Waals surface area contributed by atoms with Gasteiger partial charge >= 0.3 is 0 Å². The van der Waals surface area contributed by atoms with Gasteiger partial charge in [0.2, 0.25) is 0 Å². The summed E-state index contributed by atoms with van der Waals surface area (Å²) in [6.07, 6.45) is 2.47. The SMILES string of the molecule is NC1N=C(c2ccccc2)C(Cc2ccc(F)cc2)(Cc2ccc3c(c2)CCO3)S1. The maximum Gasteiger partial charge on any atom is 0.145 e. The van der Waals surface area contributed by atoms with Crippen LogP contribution in [-0.4, -0.2) is 22.6 Å². The van der Waals surface area contributed by atoms with E-state index in [9.17, 15) is 4.39 Å².